The minimum absolute atomic E-state index is 0.0491. The first kappa shape index (κ1) is 17.1. The molecule has 6 heteroatoms. The molecule has 0 aromatic heterocycles. The summed E-state index contributed by atoms with van der Waals surface area (Å²) in [4.78, 5) is 23.1. The molecule has 6 nitrogen and oxygen atoms in total. The predicted octanol–water partition coefficient (Wildman–Crippen LogP) is 0.667. The third kappa shape index (κ3) is 6.37. The van der Waals surface area contributed by atoms with E-state index in [-0.39, 0.29) is 11.8 Å². The van der Waals surface area contributed by atoms with Gasteiger partial charge in [0, 0.05) is 26.5 Å². The molecule has 21 heavy (non-hydrogen) atoms. The lowest BCUT2D eigenvalue weighted by Crippen LogP contribution is -2.35. The first-order chi connectivity index (χ1) is 10.1. The van der Waals surface area contributed by atoms with Crippen LogP contribution in [0.2, 0.25) is 0 Å². The molecule has 0 fully saturated rings. The molecule has 0 aliphatic heterocycles. The summed E-state index contributed by atoms with van der Waals surface area (Å²) in [5.74, 6) is -0.267. The first-order valence-corrected chi connectivity index (χ1v) is 6.91. The van der Waals surface area contributed by atoms with Crippen molar-refractivity contribution in [1.82, 2.24) is 5.32 Å². The van der Waals surface area contributed by atoms with Crippen LogP contribution in [0, 0.1) is 0 Å². The Hall–Kier alpha value is -1.92. The summed E-state index contributed by atoms with van der Waals surface area (Å²) in [7, 11) is 3.22. The Bertz CT molecular complexity index is 460. The second-order valence-corrected chi connectivity index (χ2v) is 4.78. The van der Waals surface area contributed by atoms with E-state index in [0.29, 0.717) is 25.1 Å². The average Bonchev–Trinajstić information content (AvgIpc) is 2.49. The summed E-state index contributed by atoms with van der Waals surface area (Å²) in [6.07, 6.45) is 1.64. The lowest BCUT2D eigenvalue weighted by Gasteiger charge is -2.12. The SMILES string of the molecule is CNC(=O)Cc1ccc(NC(=O)C(N)CCCOC)cc1. The molecule has 116 valence electrons. The van der Waals surface area contributed by atoms with Gasteiger partial charge in [0.05, 0.1) is 12.5 Å². The van der Waals surface area contributed by atoms with Crippen molar-refractivity contribution < 1.29 is 14.3 Å². The lowest BCUT2D eigenvalue weighted by atomic mass is 10.1. The van der Waals surface area contributed by atoms with Crippen molar-refractivity contribution in [3.8, 4) is 0 Å². The van der Waals surface area contributed by atoms with E-state index >= 15 is 0 Å². The van der Waals surface area contributed by atoms with E-state index in [9.17, 15) is 9.59 Å². The smallest absolute Gasteiger partial charge is 0.241 e. The van der Waals surface area contributed by atoms with Crippen LogP contribution < -0.4 is 16.4 Å². The van der Waals surface area contributed by atoms with Crippen LogP contribution >= 0.6 is 0 Å². The van der Waals surface area contributed by atoms with Gasteiger partial charge in [-0.2, -0.15) is 0 Å². The first-order valence-electron chi connectivity index (χ1n) is 6.91. The van der Waals surface area contributed by atoms with Crippen molar-refractivity contribution in [2.75, 3.05) is 26.1 Å². The molecule has 0 saturated carbocycles. The van der Waals surface area contributed by atoms with Gasteiger partial charge in [-0.1, -0.05) is 12.1 Å². The second-order valence-electron chi connectivity index (χ2n) is 4.78. The summed E-state index contributed by atoms with van der Waals surface area (Å²) in [5, 5.41) is 5.32. The highest BCUT2D eigenvalue weighted by Gasteiger charge is 2.13. The molecule has 1 aromatic carbocycles. The minimum Gasteiger partial charge on any atom is -0.385 e. The van der Waals surface area contributed by atoms with E-state index in [1.807, 2.05) is 0 Å². The number of nitrogens with one attached hydrogen (secondary N) is 2. The van der Waals surface area contributed by atoms with Gasteiger partial charge in [0.2, 0.25) is 11.8 Å². The third-order valence-corrected chi connectivity index (χ3v) is 3.07. The number of likely N-dealkylation sites (N-methyl/N-ethyl adjacent to an activating group) is 1. The predicted molar refractivity (Wildman–Crippen MR) is 81.9 cm³/mol. The average molecular weight is 293 g/mol. The fourth-order valence-corrected chi connectivity index (χ4v) is 1.79. The number of benzene rings is 1. The van der Waals surface area contributed by atoms with Crippen molar-refractivity contribution >= 4 is 17.5 Å². The maximum absolute atomic E-state index is 11.9. The van der Waals surface area contributed by atoms with E-state index in [1.165, 1.54) is 0 Å². The molecule has 1 rings (SSSR count). The molecule has 1 unspecified atom stereocenters. The Labute approximate surface area is 125 Å². The van der Waals surface area contributed by atoms with Gasteiger partial charge >= 0.3 is 0 Å². The summed E-state index contributed by atoms with van der Waals surface area (Å²) in [5.41, 5.74) is 7.35. The normalized spacial score (nSPS) is 11.8. The van der Waals surface area contributed by atoms with Gasteiger partial charge in [0.25, 0.3) is 0 Å². The lowest BCUT2D eigenvalue weighted by molar-refractivity contribution is -0.120. The number of carbonyl (C=O) groups is 2. The largest absolute Gasteiger partial charge is 0.385 e. The summed E-state index contributed by atoms with van der Waals surface area (Å²) in [6.45, 7) is 0.592. The number of rotatable bonds is 8. The molecule has 2 amide bonds. The molecule has 0 aliphatic rings. The van der Waals surface area contributed by atoms with Gasteiger partial charge in [-0.05, 0) is 30.5 Å². The van der Waals surface area contributed by atoms with Crippen molar-refractivity contribution in [1.29, 1.82) is 0 Å². The van der Waals surface area contributed by atoms with Gasteiger partial charge in [-0.15, -0.1) is 0 Å². The van der Waals surface area contributed by atoms with Gasteiger partial charge in [0.15, 0.2) is 0 Å². The summed E-state index contributed by atoms with van der Waals surface area (Å²) in [6, 6.07) is 6.59. The Morgan fingerprint density at radius 3 is 2.52 bits per heavy atom. The van der Waals surface area contributed by atoms with Crippen LogP contribution in [0.5, 0.6) is 0 Å². The highest BCUT2D eigenvalue weighted by molar-refractivity contribution is 5.94. The van der Waals surface area contributed by atoms with Crippen LogP contribution in [-0.2, 0) is 20.7 Å². The van der Waals surface area contributed by atoms with Crippen LogP contribution in [0.1, 0.15) is 18.4 Å². The van der Waals surface area contributed by atoms with Gasteiger partial charge in [-0.25, -0.2) is 0 Å². The Morgan fingerprint density at radius 1 is 1.29 bits per heavy atom. The Morgan fingerprint density at radius 2 is 1.95 bits per heavy atom. The van der Waals surface area contributed by atoms with Crippen LogP contribution in [0.15, 0.2) is 24.3 Å². The van der Waals surface area contributed by atoms with Crippen molar-refractivity contribution in [2.24, 2.45) is 5.73 Å². The standard InChI is InChI=1S/C15H23N3O3/c1-17-14(19)10-11-5-7-12(8-6-11)18-15(20)13(16)4-3-9-21-2/h5-8,13H,3-4,9-10,16H2,1-2H3,(H,17,19)(H,18,20). The van der Waals surface area contributed by atoms with Crippen LogP contribution in [-0.4, -0.2) is 38.6 Å². The third-order valence-electron chi connectivity index (χ3n) is 3.07. The monoisotopic (exact) mass is 293 g/mol. The molecular weight excluding hydrogens is 270 g/mol. The van der Waals surface area contributed by atoms with Gasteiger partial charge in [0.1, 0.15) is 0 Å². The maximum atomic E-state index is 11.9. The Balaban J connectivity index is 2.47. The molecule has 0 aliphatic carbocycles. The number of carbonyl (C=O) groups excluding carboxylic acids is 2. The Kier molecular flexibility index (Phi) is 7.42. The molecule has 1 aromatic rings. The molecular formula is C15H23N3O3. The zero-order valence-corrected chi connectivity index (χ0v) is 12.5. The number of methoxy groups -OCH3 is 1. The quantitative estimate of drug-likeness (QED) is 0.614. The zero-order valence-electron chi connectivity index (χ0n) is 12.5. The summed E-state index contributed by atoms with van der Waals surface area (Å²) >= 11 is 0. The molecule has 0 spiro atoms. The zero-order chi connectivity index (χ0) is 15.7. The number of hydrogen-bond acceptors (Lipinski definition) is 4. The van der Waals surface area contributed by atoms with Crippen LogP contribution in [0.4, 0.5) is 5.69 Å². The maximum Gasteiger partial charge on any atom is 0.241 e. The highest BCUT2D eigenvalue weighted by atomic mass is 16.5. The minimum atomic E-state index is -0.550. The van der Waals surface area contributed by atoms with Crippen molar-refractivity contribution in [2.45, 2.75) is 25.3 Å². The number of hydrogen-bond donors (Lipinski definition) is 3. The number of anilines is 1. The molecule has 0 heterocycles. The van der Waals surface area contributed by atoms with E-state index in [0.717, 1.165) is 12.0 Å². The van der Waals surface area contributed by atoms with Gasteiger partial charge < -0.3 is 21.1 Å². The van der Waals surface area contributed by atoms with E-state index in [1.54, 1.807) is 38.4 Å². The van der Waals surface area contributed by atoms with E-state index < -0.39 is 6.04 Å². The van der Waals surface area contributed by atoms with E-state index in [4.69, 9.17) is 10.5 Å². The summed E-state index contributed by atoms with van der Waals surface area (Å²) < 4.78 is 4.92. The van der Waals surface area contributed by atoms with Crippen LogP contribution in [0.25, 0.3) is 0 Å². The van der Waals surface area contributed by atoms with E-state index in [2.05, 4.69) is 10.6 Å². The fourth-order valence-electron chi connectivity index (χ4n) is 1.79. The molecule has 1 atom stereocenters. The number of amides is 2. The topological polar surface area (TPSA) is 93.5 Å². The van der Waals surface area contributed by atoms with Gasteiger partial charge in [-0.3, -0.25) is 9.59 Å². The van der Waals surface area contributed by atoms with Crippen LogP contribution in [0.3, 0.4) is 0 Å². The second kappa shape index (κ2) is 9.10. The highest BCUT2D eigenvalue weighted by Crippen LogP contribution is 2.11. The molecule has 0 bridgehead atoms. The molecule has 0 saturated heterocycles. The number of ether oxygens (including phenoxy) is 1. The van der Waals surface area contributed by atoms with Crippen molar-refractivity contribution in [3.05, 3.63) is 29.8 Å². The number of nitrogens with two attached hydrogens (primary N) is 1. The fraction of sp³-hybridized carbons (Fsp3) is 0.467. The van der Waals surface area contributed by atoms with Crippen molar-refractivity contribution in [3.63, 3.8) is 0 Å². The molecule has 0 radical (unpaired) electrons. The molecule has 4 N–H and O–H groups in total.